The number of alkyl halides is 1. The molecule has 2 aliphatic heterocycles. The Hall–Kier alpha value is -1.64. The summed E-state index contributed by atoms with van der Waals surface area (Å²) in [7, 11) is 0. The second-order valence-corrected chi connectivity index (χ2v) is 10.6. The first-order valence-corrected chi connectivity index (χ1v) is 12.1. The van der Waals surface area contributed by atoms with Gasteiger partial charge in [0.05, 0.1) is 0 Å². The molecule has 30 heavy (non-hydrogen) atoms. The molecule has 0 aromatic carbocycles. The summed E-state index contributed by atoms with van der Waals surface area (Å²) in [5, 5.41) is 8.44. The molecule has 0 spiro atoms. The van der Waals surface area contributed by atoms with E-state index in [1.165, 1.54) is 0 Å². The number of nitrogens with one attached hydrogen (secondary N) is 3. The van der Waals surface area contributed by atoms with E-state index >= 15 is 0 Å². The van der Waals surface area contributed by atoms with Crippen LogP contribution in [0.5, 0.6) is 0 Å². The van der Waals surface area contributed by atoms with Gasteiger partial charge in [0.2, 0.25) is 17.7 Å². The summed E-state index contributed by atoms with van der Waals surface area (Å²) in [6.07, 6.45) is 7.54. The fourth-order valence-electron chi connectivity index (χ4n) is 5.51. The Morgan fingerprint density at radius 3 is 2.57 bits per heavy atom. The number of likely N-dealkylation sites (tertiary alicyclic amines) is 1. The van der Waals surface area contributed by atoms with Crippen molar-refractivity contribution in [1.29, 1.82) is 0 Å². The van der Waals surface area contributed by atoms with E-state index in [-0.39, 0.29) is 54.0 Å². The lowest BCUT2D eigenvalue weighted by molar-refractivity contribution is -0.144. The molecule has 0 aromatic rings. The Morgan fingerprint density at radius 1 is 1.07 bits per heavy atom. The van der Waals surface area contributed by atoms with E-state index in [1.807, 2.05) is 0 Å². The lowest BCUT2D eigenvalue weighted by atomic mass is 9.75. The number of fused-ring (bicyclic) bond motifs is 1. The van der Waals surface area contributed by atoms with Crippen LogP contribution >= 0.6 is 15.9 Å². The standard InChI is InChI=1S/C21H31BrN4O4/c22-14-3-5-15(6-4-14)24-21(30)23-10-12-1-2-13-11-26(20(29)16(13)9-12)17-7-8-18(27)25-19(17)28/h12-17H,1-11H2,(H2,23,24,30)(H,25,27,28). The van der Waals surface area contributed by atoms with Crippen LogP contribution in [-0.2, 0) is 14.4 Å². The van der Waals surface area contributed by atoms with Gasteiger partial charge in [0.15, 0.2) is 0 Å². The third kappa shape index (κ3) is 4.81. The second kappa shape index (κ2) is 9.24. The quantitative estimate of drug-likeness (QED) is 0.418. The molecule has 2 heterocycles. The van der Waals surface area contributed by atoms with Crippen molar-refractivity contribution in [2.24, 2.45) is 17.8 Å². The van der Waals surface area contributed by atoms with E-state index < -0.39 is 6.04 Å². The first-order valence-electron chi connectivity index (χ1n) is 11.2. The molecule has 4 aliphatic rings. The number of hydrogen-bond acceptors (Lipinski definition) is 4. The summed E-state index contributed by atoms with van der Waals surface area (Å²) in [5.74, 6) is -0.0937. The monoisotopic (exact) mass is 482 g/mol. The Labute approximate surface area is 185 Å². The summed E-state index contributed by atoms with van der Waals surface area (Å²) in [5.41, 5.74) is 0. The Kier molecular flexibility index (Phi) is 6.65. The average Bonchev–Trinajstić information content (AvgIpc) is 3.04. The number of hydrogen-bond donors (Lipinski definition) is 3. The van der Waals surface area contributed by atoms with Crippen LogP contribution in [0.2, 0.25) is 0 Å². The second-order valence-electron chi connectivity index (χ2n) is 9.31. The van der Waals surface area contributed by atoms with Crippen LogP contribution < -0.4 is 16.0 Å². The van der Waals surface area contributed by atoms with Gasteiger partial charge in [-0.25, -0.2) is 4.79 Å². The third-order valence-corrected chi connectivity index (χ3v) is 8.18. The van der Waals surface area contributed by atoms with Crippen LogP contribution in [0.4, 0.5) is 4.79 Å². The maximum absolute atomic E-state index is 13.0. The smallest absolute Gasteiger partial charge is 0.315 e. The highest BCUT2D eigenvalue weighted by Crippen LogP contribution is 2.41. The van der Waals surface area contributed by atoms with Crippen molar-refractivity contribution in [2.75, 3.05) is 13.1 Å². The number of imide groups is 1. The summed E-state index contributed by atoms with van der Waals surface area (Å²) < 4.78 is 0. The Balaban J connectivity index is 1.24. The molecule has 5 amide bonds. The van der Waals surface area contributed by atoms with E-state index in [4.69, 9.17) is 0 Å². The number of piperidine rings is 1. The molecule has 166 valence electrons. The molecule has 2 saturated heterocycles. The third-order valence-electron chi connectivity index (χ3n) is 7.26. The highest BCUT2D eigenvalue weighted by Gasteiger charge is 2.48. The first kappa shape index (κ1) is 21.6. The zero-order valence-electron chi connectivity index (χ0n) is 17.2. The molecule has 4 fully saturated rings. The van der Waals surface area contributed by atoms with Gasteiger partial charge in [-0.3, -0.25) is 19.7 Å². The normalized spacial score (nSPS) is 36.8. The zero-order valence-corrected chi connectivity index (χ0v) is 18.8. The van der Waals surface area contributed by atoms with E-state index in [0.29, 0.717) is 24.3 Å². The van der Waals surface area contributed by atoms with E-state index in [2.05, 4.69) is 31.9 Å². The Bertz CT molecular complexity index is 709. The van der Waals surface area contributed by atoms with Gasteiger partial charge < -0.3 is 15.5 Å². The van der Waals surface area contributed by atoms with Crippen molar-refractivity contribution >= 4 is 39.7 Å². The van der Waals surface area contributed by atoms with Crippen molar-refractivity contribution in [1.82, 2.24) is 20.9 Å². The van der Waals surface area contributed by atoms with Crippen LogP contribution in [0.3, 0.4) is 0 Å². The van der Waals surface area contributed by atoms with Gasteiger partial charge in [-0.1, -0.05) is 15.9 Å². The van der Waals surface area contributed by atoms with Crippen molar-refractivity contribution in [3.8, 4) is 0 Å². The summed E-state index contributed by atoms with van der Waals surface area (Å²) in [4.78, 5) is 51.1. The molecular formula is C21H31BrN4O4. The average molecular weight is 483 g/mol. The zero-order chi connectivity index (χ0) is 21.3. The maximum Gasteiger partial charge on any atom is 0.315 e. The molecule has 4 unspecified atom stereocenters. The summed E-state index contributed by atoms with van der Waals surface area (Å²) >= 11 is 3.63. The maximum atomic E-state index is 13.0. The number of urea groups is 1. The van der Waals surface area contributed by atoms with Crippen molar-refractivity contribution in [2.45, 2.75) is 74.7 Å². The molecule has 8 nitrogen and oxygen atoms in total. The fraction of sp³-hybridized carbons (Fsp3) is 0.810. The van der Waals surface area contributed by atoms with Crippen LogP contribution in [0.15, 0.2) is 0 Å². The van der Waals surface area contributed by atoms with E-state index in [1.54, 1.807) is 4.90 Å². The van der Waals surface area contributed by atoms with Gasteiger partial charge in [-0.15, -0.1) is 0 Å². The molecule has 9 heteroatoms. The van der Waals surface area contributed by atoms with Crippen LogP contribution in [0.25, 0.3) is 0 Å². The minimum atomic E-state index is -0.516. The number of halogens is 1. The topological polar surface area (TPSA) is 108 Å². The molecule has 0 bridgehead atoms. The largest absolute Gasteiger partial charge is 0.338 e. The molecule has 0 aromatic heterocycles. The van der Waals surface area contributed by atoms with E-state index in [0.717, 1.165) is 44.9 Å². The van der Waals surface area contributed by atoms with Gasteiger partial charge in [0.1, 0.15) is 6.04 Å². The van der Waals surface area contributed by atoms with Gasteiger partial charge in [0, 0.05) is 36.3 Å². The summed E-state index contributed by atoms with van der Waals surface area (Å²) in [6.45, 7) is 1.18. The molecule has 4 atom stereocenters. The SMILES string of the molecule is O=C1CCC(N2CC3CCC(CNC(=O)NC4CCC(Br)CC4)CC3C2=O)C(=O)N1. The molecule has 2 aliphatic carbocycles. The van der Waals surface area contributed by atoms with E-state index in [9.17, 15) is 19.2 Å². The summed E-state index contributed by atoms with van der Waals surface area (Å²) in [6, 6.07) is -0.385. The van der Waals surface area contributed by atoms with Crippen LogP contribution in [0.1, 0.15) is 57.8 Å². The van der Waals surface area contributed by atoms with Gasteiger partial charge >= 0.3 is 6.03 Å². The van der Waals surface area contributed by atoms with Gasteiger partial charge in [0.25, 0.3) is 0 Å². The predicted octanol–water partition coefficient (Wildman–Crippen LogP) is 1.67. The molecule has 2 saturated carbocycles. The van der Waals surface area contributed by atoms with Gasteiger partial charge in [-0.05, 0) is 63.2 Å². The number of nitrogens with zero attached hydrogens (tertiary/aromatic N) is 1. The highest BCUT2D eigenvalue weighted by atomic mass is 79.9. The highest BCUT2D eigenvalue weighted by molar-refractivity contribution is 9.09. The van der Waals surface area contributed by atoms with Crippen molar-refractivity contribution in [3.63, 3.8) is 0 Å². The lowest BCUT2D eigenvalue weighted by Gasteiger charge is -2.30. The minimum Gasteiger partial charge on any atom is -0.338 e. The van der Waals surface area contributed by atoms with Crippen LogP contribution in [-0.4, -0.2) is 58.7 Å². The predicted molar refractivity (Wildman–Crippen MR) is 114 cm³/mol. The Morgan fingerprint density at radius 2 is 1.83 bits per heavy atom. The number of carbonyl (C=O) groups is 4. The lowest BCUT2D eigenvalue weighted by Crippen LogP contribution is -2.53. The number of carbonyl (C=O) groups excluding carboxylic acids is 4. The molecule has 4 rings (SSSR count). The minimum absolute atomic E-state index is 0.0372. The molecule has 0 radical (unpaired) electrons. The fourth-order valence-corrected chi connectivity index (χ4v) is 6.04. The van der Waals surface area contributed by atoms with Crippen LogP contribution in [0, 0.1) is 17.8 Å². The van der Waals surface area contributed by atoms with Crippen molar-refractivity contribution < 1.29 is 19.2 Å². The van der Waals surface area contributed by atoms with Crippen molar-refractivity contribution in [3.05, 3.63) is 0 Å². The van der Waals surface area contributed by atoms with Gasteiger partial charge in [-0.2, -0.15) is 0 Å². The number of rotatable bonds is 4. The first-order chi connectivity index (χ1) is 14.4. The molecular weight excluding hydrogens is 452 g/mol. The molecule has 3 N–H and O–H groups in total. The number of amides is 5.